The summed E-state index contributed by atoms with van der Waals surface area (Å²) in [7, 11) is 3.07. The van der Waals surface area contributed by atoms with Crippen LogP contribution in [0.2, 0.25) is 0 Å². The van der Waals surface area contributed by atoms with Gasteiger partial charge < -0.3 is 28.4 Å². The van der Waals surface area contributed by atoms with Crippen LogP contribution < -0.4 is 18.9 Å². The van der Waals surface area contributed by atoms with Gasteiger partial charge >= 0.3 is 11.9 Å². The van der Waals surface area contributed by atoms with Gasteiger partial charge in [0.1, 0.15) is 0 Å². The molecule has 4 rings (SSSR count). The third-order valence-corrected chi connectivity index (χ3v) is 5.80. The number of esters is 2. The molecule has 170 valence electrons. The van der Waals surface area contributed by atoms with Crippen molar-refractivity contribution in [3.05, 3.63) is 47.5 Å². The maximum atomic E-state index is 11.3. The largest absolute Gasteiger partial charge is 0.493 e. The lowest BCUT2D eigenvalue weighted by molar-refractivity contribution is -0.132. The summed E-state index contributed by atoms with van der Waals surface area (Å²) in [6, 6.07) is 10.9. The number of carbonyl (C=O) groups is 2. The van der Waals surface area contributed by atoms with Crippen molar-refractivity contribution in [2.75, 3.05) is 27.4 Å². The first-order chi connectivity index (χ1) is 15.4. The Labute approximate surface area is 186 Å². The van der Waals surface area contributed by atoms with E-state index in [4.69, 9.17) is 28.4 Å². The molecule has 32 heavy (non-hydrogen) atoms. The van der Waals surface area contributed by atoms with Gasteiger partial charge in [-0.1, -0.05) is 12.1 Å². The molecule has 2 aromatic rings. The number of rotatable bonds is 6. The Bertz CT molecular complexity index is 936. The predicted molar refractivity (Wildman–Crippen MR) is 113 cm³/mol. The smallest absolute Gasteiger partial charge is 0.308 e. The van der Waals surface area contributed by atoms with Gasteiger partial charge in [-0.2, -0.15) is 0 Å². The molecule has 0 amide bonds. The Balaban J connectivity index is 1.54. The highest BCUT2D eigenvalue weighted by atomic mass is 16.6. The standard InChI is InChI=1S/C24H26O8/c1-13(25)31-19-7-5-15(9-21(19)27-3)23-17-11-30-24(18(17)12-29-23)16-6-8-20(32-14(2)26)22(10-16)28-4/h5-10,17-18,23-24H,11-12H2,1-4H3/t17-,18+,23+,24-. The van der Waals surface area contributed by atoms with Crippen molar-refractivity contribution in [2.45, 2.75) is 26.1 Å². The number of methoxy groups -OCH3 is 2. The summed E-state index contributed by atoms with van der Waals surface area (Å²) >= 11 is 0. The maximum Gasteiger partial charge on any atom is 0.308 e. The van der Waals surface area contributed by atoms with E-state index in [9.17, 15) is 9.59 Å². The summed E-state index contributed by atoms with van der Waals surface area (Å²) in [4.78, 5) is 22.6. The molecule has 2 aromatic carbocycles. The normalized spacial score (nSPS) is 24.0. The quantitative estimate of drug-likeness (QED) is 0.495. The summed E-state index contributed by atoms with van der Waals surface area (Å²) in [5, 5.41) is 0. The summed E-state index contributed by atoms with van der Waals surface area (Å²) in [5.74, 6) is 1.20. The van der Waals surface area contributed by atoms with E-state index in [-0.39, 0.29) is 24.0 Å². The van der Waals surface area contributed by atoms with Gasteiger partial charge in [0, 0.05) is 25.7 Å². The van der Waals surface area contributed by atoms with Crippen LogP contribution in [0.15, 0.2) is 36.4 Å². The molecule has 0 radical (unpaired) electrons. The molecule has 0 unspecified atom stereocenters. The highest BCUT2D eigenvalue weighted by molar-refractivity contribution is 5.71. The number of carbonyl (C=O) groups excluding carboxylic acids is 2. The van der Waals surface area contributed by atoms with E-state index in [1.54, 1.807) is 12.1 Å². The van der Waals surface area contributed by atoms with Gasteiger partial charge in [0.25, 0.3) is 0 Å². The van der Waals surface area contributed by atoms with Crippen LogP contribution in [-0.4, -0.2) is 39.4 Å². The molecule has 0 bridgehead atoms. The zero-order valence-electron chi connectivity index (χ0n) is 18.5. The van der Waals surface area contributed by atoms with Crippen molar-refractivity contribution in [3.63, 3.8) is 0 Å². The van der Waals surface area contributed by atoms with Crippen LogP contribution in [-0.2, 0) is 19.1 Å². The second-order valence-electron chi connectivity index (χ2n) is 7.84. The first-order valence-corrected chi connectivity index (χ1v) is 10.4. The Morgan fingerprint density at radius 2 is 1.12 bits per heavy atom. The monoisotopic (exact) mass is 442 g/mol. The summed E-state index contributed by atoms with van der Waals surface area (Å²) in [5.41, 5.74) is 1.88. The molecule has 2 aliphatic rings. The molecule has 2 aliphatic heterocycles. The van der Waals surface area contributed by atoms with Crippen LogP contribution >= 0.6 is 0 Å². The molecule has 8 heteroatoms. The van der Waals surface area contributed by atoms with Gasteiger partial charge in [-0.25, -0.2) is 0 Å². The molecule has 0 spiro atoms. The van der Waals surface area contributed by atoms with E-state index >= 15 is 0 Å². The molecule has 0 aliphatic carbocycles. The predicted octanol–water partition coefficient (Wildman–Crippen LogP) is 3.63. The van der Waals surface area contributed by atoms with Crippen molar-refractivity contribution in [2.24, 2.45) is 11.8 Å². The van der Waals surface area contributed by atoms with Gasteiger partial charge in [-0.15, -0.1) is 0 Å². The zero-order chi connectivity index (χ0) is 22.8. The fourth-order valence-corrected chi connectivity index (χ4v) is 4.44. The molecule has 2 saturated heterocycles. The summed E-state index contributed by atoms with van der Waals surface area (Å²) < 4.78 is 33.5. The average molecular weight is 442 g/mol. The van der Waals surface area contributed by atoms with Crippen molar-refractivity contribution < 1.29 is 38.0 Å². The van der Waals surface area contributed by atoms with Gasteiger partial charge in [-0.3, -0.25) is 9.59 Å². The first-order valence-electron chi connectivity index (χ1n) is 10.4. The molecule has 0 N–H and O–H groups in total. The summed E-state index contributed by atoms with van der Waals surface area (Å²) in [6.45, 7) is 3.79. The van der Waals surface area contributed by atoms with E-state index in [1.165, 1.54) is 28.1 Å². The number of fused-ring (bicyclic) bond motifs is 1. The van der Waals surface area contributed by atoms with E-state index in [0.717, 1.165) is 11.1 Å². The molecule has 8 nitrogen and oxygen atoms in total. The second-order valence-corrected chi connectivity index (χ2v) is 7.84. The van der Waals surface area contributed by atoms with Gasteiger partial charge in [0.15, 0.2) is 23.0 Å². The second kappa shape index (κ2) is 9.18. The van der Waals surface area contributed by atoms with Gasteiger partial charge in [0.2, 0.25) is 0 Å². The van der Waals surface area contributed by atoms with Crippen LogP contribution in [0.25, 0.3) is 0 Å². The molecular formula is C24H26O8. The van der Waals surface area contributed by atoms with E-state index in [2.05, 4.69) is 0 Å². The van der Waals surface area contributed by atoms with Crippen LogP contribution in [0.3, 0.4) is 0 Å². The van der Waals surface area contributed by atoms with Crippen LogP contribution in [0.4, 0.5) is 0 Å². The van der Waals surface area contributed by atoms with Crippen LogP contribution in [0.5, 0.6) is 23.0 Å². The average Bonchev–Trinajstić information content (AvgIpc) is 3.36. The number of hydrogen-bond acceptors (Lipinski definition) is 8. The molecule has 0 aromatic heterocycles. The maximum absolute atomic E-state index is 11.3. The van der Waals surface area contributed by atoms with E-state index in [1.807, 2.05) is 24.3 Å². The number of benzene rings is 2. The van der Waals surface area contributed by atoms with Crippen LogP contribution in [0, 0.1) is 11.8 Å². The minimum absolute atomic E-state index is 0.156. The van der Waals surface area contributed by atoms with Crippen molar-refractivity contribution in [1.82, 2.24) is 0 Å². The van der Waals surface area contributed by atoms with E-state index < -0.39 is 11.9 Å². The fraction of sp³-hybridized carbons (Fsp3) is 0.417. The summed E-state index contributed by atoms with van der Waals surface area (Å²) in [6.07, 6.45) is -0.319. The minimum Gasteiger partial charge on any atom is -0.493 e. The zero-order valence-corrected chi connectivity index (χ0v) is 18.5. The van der Waals surface area contributed by atoms with Gasteiger partial charge in [0.05, 0.1) is 39.6 Å². The Morgan fingerprint density at radius 3 is 1.47 bits per heavy atom. The highest BCUT2D eigenvalue weighted by Gasteiger charge is 2.48. The van der Waals surface area contributed by atoms with Gasteiger partial charge in [-0.05, 0) is 35.4 Å². The molecule has 2 heterocycles. The van der Waals surface area contributed by atoms with Crippen molar-refractivity contribution in [3.8, 4) is 23.0 Å². The first kappa shape index (κ1) is 22.1. The Hall–Kier alpha value is -3.10. The topological polar surface area (TPSA) is 89.5 Å². The molecule has 2 fully saturated rings. The minimum atomic E-state index is -0.407. The third-order valence-electron chi connectivity index (χ3n) is 5.80. The Kier molecular flexibility index (Phi) is 6.34. The fourth-order valence-electron chi connectivity index (χ4n) is 4.44. The SMILES string of the molecule is COc1cc([C@H]2OC[C@@H]3[C@@H]2CO[C@H]3c2ccc(OC(C)=O)c(OC)c2)ccc1OC(C)=O. The molecule has 4 atom stereocenters. The van der Waals surface area contributed by atoms with Crippen molar-refractivity contribution in [1.29, 1.82) is 0 Å². The number of ether oxygens (including phenoxy) is 6. The molecule has 0 saturated carbocycles. The lowest BCUT2D eigenvalue weighted by Crippen LogP contribution is -2.15. The van der Waals surface area contributed by atoms with E-state index in [0.29, 0.717) is 36.2 Å². The number of hydrogen-bond donors (Lipinski definition) is 0. The Morgan fingerprint density at radius 1 is 0.719 bits per heavy atom. The molecular weight excluding hydrogens is 416 g/mol. The lowest BCUT2D eigenvalue weighted by Gasteiger charge is -2.18. The lowest BCUT2D eigenvalue weighted by atomic mass is 9.85. The third kappa shape index (κ3) is 4.28. The highest BCUT2D eigenvalue weighted by Crippen LogP contribution is 2.51. The van der Waals surface area contributed by atoms with Crippen LogP contribution in [0.1, 0.15) is 37.2 Å². The van der Waals surface area contributed by atoms with Crippen molar-refractivity contribution >= 4 is 11.9 Å².